The van der Waals surface area contributed by atoms with Crippen LogP contribution in [0.3, 0.4) is 0 Å². The molecule has 2 aromatic carbocycles. The fourth-order valence-electron chi connectivity index (χ4n) is 3.50. The molecule has 3 nitrogen and oxygen atoms in total. The molecule has 0 saturated carbocycles. The Morgan fingerprint density at radius 3 is 2.06 bits per heavy atom. The van der Waals surface area contributed by atoms with Gasteiger partial charge in [-0.2, -0.15) is 0 Å². The Kier molecular flexibility index (Phi) is 11.2. The Labute approximate surface area is 209 Å². The number of fused-ring (bicyclic) bond motifs is 1. The van der Waals surface area contributed by atoms with Crippen LogP contribution in [0.1, 0.15) is 39.5 Å². The molecule has 1 aliphatic heterocycles. The van der Waals surface area contributed by atoms with Gasteiger partial charge in [-0.05, 0) is 55.8 Å². The van der Waals surface area contributed by atoms with Crippen LogP contribution < -0.4 is 14.4 Å². The summed E-state index contributed by atoms with van der Waals surface area (Å²) in [5.41, 5.74) is 4.29. The topological polar surface area (TPSA) is 21.7 Å². The Hall–Kier alpha value is -3.24. The molecule has 3 aromatic rings. The summed E-state index contributed by atoms with van der Waals surface area (Å²) < 4.78 is 11.7. The molecule has 2 heterocycles. The zero-order valence-corrected chi connectivity index (χ0v) is 22.1. The monoisotopic (exact) mass is 475 g/mol. The molecule has 0 N–H and O–H groups in total. The lowest BCUT2D eigenvalue weighted by Crippen LogP contribution is -2.15. The molecule has 0 unspecified atom stereocenters. The summed E-state index contributed by atoms with van der Waals surface area (Å²) in [7, 11) is 0. The minimum Gasteiger partial charge on any atom is -0.485 e. The highest BCUT2D eigenvalue weighted by molar-refractivity contribution is 7.16. The molecule has 1 aromatic heterocycles. The van der Waals surface area contributed by atoms with Gasteiger partial charge in [0.15, 0.2) is 11.5 Å². The van der Waals surface area contributed by atoms with Gasteiger partial charge in [-0.1, -0.05) is 76.8 Å². The number of hydrogen-bond acceptors (Lipinski definition) is 4. The van der Waals surface area contributed by atoms with Crippen LogP contribution in [0.25, 0.3) is 10.4 Å². The van der Waals surface area contributed by atoms with Crippen molar-refractivity contribution < 1.29 is 9.47 Å². The van der Waals surface area contributed by atoms with E-state index in [1.54, 1.807) is 11.3 Å². The number of allylic oxidation sites excluding steroid dienone is 4. The number of hydrogen-bond donors (Lipinski definition) is 0. The van der Waals surface area contributed by atoms with E-state index in [1.807, 2.05) is 71.0 Å². The third kappa shape index (κ3) is 6.21. The minimum atomic E-state index is 0.592. The van der Waals surface area contributed by atoms with Gasteiger partial charge in [-0.15, -0.1) is 11.3 Å². The summed E-state index contributed by atoms with van der Waals surface area (Å²) in [4.78, 5) is 4.47. The van der Waals surface area contributed by atoms with Crippen molar-refractivity contribution in [2.45, 2.75) is 41.5 Å². The van der Waals surface area contributed by atoms with Gasteiger partial charge in [0, 0.05) is 21.9 Å². The van der Waals surface area contributed by atoms with Gasteiger partial charge in [0.2, 0.25) is 0 Å². The maximum atomic E-state index is 5.92. The highest BCUT2D eigenvalue weighted by Crippen LogP contribution is 2.49. The standard InChI is InChI=1S/C26H25NO2S.2C2H6/c1-4-6-10-21(5-2)27(22-11-8-7-9-12-22)23-15-13-20(14-16-23)26-25-24(19(3)30-26)28-17-18-29-25;2*1-2/h4-16H,2,17-18H2,1,3H3;2*1-2H3/b6-4-,21-10+;;. The molecule has 0 spiro atoms. The average molecular weight is 476 g/mol. The van der Waals surface area contributed by atoms with E-state index >= 15 is 0 Å². The Morgan fingerprint density at radius 1 is 0.882 bits per heavy atom. The summed E-state index contributed by atoms with van der Waals surface area (Å²) in [6.07, 6.45) is 7.99. The van der Waals surface area contributed by atoms with Gasteiger partial charge in [-0.3, -0.25) is 0 Å². The van der Waals surface area contributed by atoms with E-state index in [0.29, 0.717) is 13.2 Å². The summed E-state index contributed by atoms with van der Waals surface area (Å²) in [5.74, 6) is 1.76. The summed E-state index contributed by atoms with van der Waals surface area (Å²) >= 11 is 1.72. The fraction of sp³-hybridized carbons (Fsp3) is 0.267. The molecule has 0 bridgehead atoms. The molecule has 0 amide bonds. The third-order valence-electron chi connectivity index (χ3n) is 4.89. The normalized spacial score (nSPS) is 12.2. The Morgan fingerprint density at radius 2 is 1.47 bits per heavy atom. The molecule has 0 aliphatic carbocycles. The second kappa shape index (κ2) is 14.1. The SMILES string of the molecule is C=C/C(=C\C=C/C)N(c1ccccc1)c1ccc(-c2sc(C)c3c2OCCO3)cc1.CC.CC. The number of anilines is 2. The minimum absolute atomic E-state index is 0.592. The molecule has 4 heteroatoms. The number of nitrogens with zero attached hydrogens (tertiary/aromatic N) is 1. The largest absolute Gasteiger partial charge is 0.485 e. The first-order valence-electron chi connectivity index (χ1n) is 12.0. The van der Waals surface area contributed by atoms with E-state index < -0.39 is 0 Å². The first-order valence-corrected chi connectivity index (χ1v) is 12.8. The van der Waals surface area contributed by atoms with Crippen LogP contribution in [0, 0.1) is 6.92 Å². The molecule has 4 rings (SSSR count). The quantitative estimate of drug-likeness (QED) is 0.331. The average Bonchev–Trinajstić information content (AvgIpc) is 3.26. The molecule has 1 aliphatic rings. The fourth-order valence-corrected chi connectivity index (χ4v) is 4.55. The van der Waals surface area contributed by atoms with Gasteiger partial charge in [0.25, 0.3) is 0 Å². The summed E-state index contributed by atoms with van der Waals surface area (Å²) in [5, 5.41) is 0. The van der Waals surface area contributed by atoms with Crippen molar-refractivity contribution >= 4 is 22.7 Å². The summed E-state index contributed by atoms with van der Waals surface area (Å²) in [6, 6.07) is 18.9. The van der Waals surface area contributed by atoms with Crippen molar-refractivity contribution in [2.75, 3.05) is 18.1 Å². The molecule has 0 radical (unpaired) electrons. The van der Waals surface area contributed by atoms with E-state index in [9.17, 15) is 0 Å². The smallest absolute Gasteiger partial charge is 0.180 e. The zero-order chi connectivity index (χ0) is 24.9. The highest BCUT2D eigenvalue weighted by Gasteiger charge is 2.23. The van der Waals surface area contributed by atoms with Crippen LogP contribution in [0.4, 0.5) is 11.4 Å². The Bertz CT molecular complexity index is 1080. The van der Waals surface area contributed by atoms with E-state index in [4.69, 9.17) is 9.47 Å². The number of thiophene rings is 1. The van der Waals surface area contributed by atoms with Crippen LogP contribution in [0.2, 0.25) is 0 Å². The van der Waals surface area contributed by atoms with Gasteiger partial charge in [-0.25, -0.2) is 0 Å². The number of rotatable bonds is 6. The van der Waals surface area contributed by atoms with Crippen molar-refractivity contribution in [2.24, 2.45) is 0 Å². The van der Waals surface area contributed by atoms with Crippen molar-refractivity contribution in [1.82, 2.24) is 0 Å². The van der Waals surface area contributed by atoms with E-state index in [-0.39, 0.29) is 0 Å². The van der Waals surface area contributed by atoms with Gasteiger partial charge < -0.3 is 14.4 Å². The first-order chi connectivity index (χ1) is 16.7. The van der Waals surface area contributed by atoms with E-state index in [2.05, 4.69) is 60.9 Å². The van der Waals surface area contributed by atoms with Crippen LogP contribution >= 0.6 is 11.3 Å². The van der Waals surface area contributed by atoms with Crippen molar-refractivity contribution in [3.63, 3.8) is 0 Å². The van der Waals surface area contributed by atoms with E-state index in [0.717, 1.165) is 43.9 Å². The molecule has 180 valence electrons. The van der Waals surface area contributed by atoms with Gasteiger partial charge in [0.1, 0.15) is 13.2 Å². The summed E-state index contributed by atoms with van der Waals surface area (Å²) in [6.45, 7) is 17.3. The van der Waals surface area contributed by atoms with Crippen molar-refractivity contribution in [3.8, 4) is 21.9 Å². The second-order valence-electron chi connectivity index (χ2n) is 6.88. The second-order valence-corrected chi connectivity index (χ2v) is 8.11. The number of benzene rings is 2. The number of para-hydroxylation sites is 1. The molecular formula is C30H37NO2S. The van der Waals surface area contributed by atoms with Crippen LogP contribution in [0.5, 0.6) is 11.5 Å². The maximum Gasteiger partial charge on any atom is 0.180 e. The highest BCUT2D eigenvalue weighted by atomic mass is 32.1. The van der Waals surface area contributed by atoms with Gasteiger partial charge >= 0.3 is 0 Å². The lowest BCUT2D eigenvalue weighted by atomic mass is 10.1. The first kappa shape index (κ1) is 27.0. The van der Waals surface area contributed by atoms with Crippen molar-refractivity contribution in [1.29, 1.82) is 0 Å². The third-order valence-corrected chi connectivity index (χ3v) is 6.01. The predicted molar refractivity (Wildman–Crippen MR) is 150 cm³/mol. The van der Waals surface area contributed by atoms with Crippen molar-refractivity contribution in [3.05, 3.63) is 96.1 Å². The molecule has 0 atom stereocenters. The predicted octanol–water partition coefficient (Wildman–Crippen LogP) is 9.33. The Balaban J connectivity index is 0.000000970. The molecule has 34 heavy (non-hydrogen) atoms. The lowest BCUT2D eigenvalue weighted by molar-refractivity contribution is 0.173. The zero-order valence-electron chi connectivity index (χ0n) is 21.3. The van der Waals surface area contributed by atoms with Crippen LogP contribution in [0.15, 0.2) is 91.2 Å². The lowest BCUT2D eigenvalue weighted by Gasteiger charge is -2.26. The van der Waals surface area contributed by atoms with Crippen LogP contribution in [-0.2, 0) is 0 Å². The molecular weight excluding hydrogens is 438 g/mol. The maximum absolute atomic E-state index is 5.92. The molecule has 0 fully saturated rings. The molecule has 0 saturated heterocycles. The van der Waals surface area contributed by atoms with E-state index in [1.165, 1.54) is 0 Å². The van der Waals surface area contributed by atoms with Gasteiger partial charge in [0.05, 0.1) is 4.88 Å². The van der Waals surface area contributed by atoms with Crippen LogP contribution in [-0.4, -0.2) is 13.2 Å². The number of ether oxygens (including phenoxy) is 2. The number of aryl methyl sites for hydroxylation is 1.